The second kappa shape index (κ2) is 5.73. The van der Waals surface area contributed by atoms with Gasteiger partial charge in [0.25, 0.3) is 0 Å². The molecule has 108 valence electrons. The number of hydrogen-bond acceptors (Lipinski definition) is 5. The lowest BCUT2D eigenvalue weighted by molar-refractivity contribution is 0.514. The summed E-state index contributed by atoms with van der Waals surface area (Å²) in [5.74, 6) is 1.20. The molecule has 0 radical (unpaired) electrons. The standard InChI is InChI=1S/C15H15N3O2S/c1-10-9-14(17-11(2)16-10)21-8-7-18-12-5-3-4-6-13(12)20-15(18)19/h3-6,9H,7-8H2,1-2H3. The Kier molecular flexibility index (Phi) is 3.79. The number of aromatic nitrogens is 3. The third kappa shape index (κ3) is 3.00. The van der Waals surface area contributed by atoms with Crippen molar-refractivity contribution in [3.8, 4) is 0 Å². The normalized spacial score (nSPS) is 11.1. The molecule has 0 spiro atoms. The Morgan fingerprint density at radius 1 is 1.24 bits per heavy atom. The molecule has 6 heteroatoms. The smallest absolute Gasteiger partial charge is 0.408 e. The quantitative estimate of drug-likeness (QED) is 0.548. The van der Waals surface area contributed by atoms with Crippen molar-refractivity contribution in [2.75, 3.05) is 5.75 Å². The summed E-state index contributed by atoms with van der Waals surface area (Å²) < 4.78 is 6.87. The first-order valence-electron chi connectivity index (χ1n) is 6.67. The minimum atomic E-state index is -0.313. The van der Waals surface area contributed by atoms with Crippen LogP contribution >= 0.6 is 11.8 Å². The lowest BCUT2D eigenvalue weighted by Crippen LogP contribution is -2.15. The molecule has 0 aliphatic heterocycles. The highest BCUT2D eigenvalue weighted by Gasteiger charge is 2.08. The van der Waals surface area contributed by atoms with Crippen LogP contribution in [0.15, 0.2) is 44.6 Å². The van der Waals surface area contributed by atoms with Crippen LogP contribution in [0.5, 0.6) is 0 Å². The Bertz CT molecular complexity index is 818. The molecule has 0 aliphatic rings. The van der Waals surface area contributed by atoms with Crippen molar-refractivity contribution < 1.29 is 4.42 Å². The van der Waals surface area contributed by atoms with Crippen LogP contribution in [-0.2, 0) is 6.54 Å². The predicted octanol–water partition coefficient (Wildman–Crippen LogP) is 2.79. The van der Waals surface area contributed by atoms with Gasteiger partial charge in [0.2, 0.25) is 0 Å². The van der Waals surface area contributed by atoms with E-state index in [9.17, 15) is 4.79 Å². The predicted molar refractivity (Wildman–Crippen MR) is 82.7 cm³/mol. The Morgan fingerprint density at radius 2 is 2.05 bits per heavy atom. The van der Waals surface area contributed by atoms with E-state index in [0.717, 1.165) is 27.8 Å². The first-order chi connectivity index (χ1) is 10.1. The summed E-state index contributed by atoms with van der Waals surface area (Å²) in [6, 6.07) is 9.41. The molecule has 1 aromatic carbocycles. The molecule has 0 unspecified atom stereocenters. The third-order valence-corrected chi connectivity index (χ3v) is 3.97. The van der Waals surface area contributed by atoms with Gasteiger partial charge in [-0.25, -0.2) is 14.8 Å². The number of nitrogens with zero attached hydrogens (tertiary/aromatic N) is 3. The van der Waals surface area contributed by atoms with Crippen LogP contribution in [0.25, 0.3) is 11.1 Å². The van der Waals surface area contributed by atoms with Crippen LogP contribution < -0.4 is 5.76 Å². The first-order valence-corrected chi connectivity index (χ1v) is 7.65. The molecule has 3 aromatic rings. The SMILES string of the molecule is Cc1cc(SCCn2c(=O)oc3ccccc32)nc(C)n1. The molecule has 0 atom stereocenters. The zero-order valence-corrected chi connectivity index (χ0v) is 12.7. The fraction of sp³-hybridized carbons (Fsp3) is 0.267. The number of fused-ring (bicyclic) bond motifs is 1. The average Bonchev–Trinajstić information content (AvgIpc) is 2.74. The average molecular weight is 301 g/mol. The second-order valence-electron chi connectivity index (χ2n) is 4.73. The molecule has 3 rings (SSSR count). The van der Waals surface area contributed by atoms with E-state index in [1.54, 1.807) is 22.4 Å². The van der Waals surface area contributed by atoms with Crippen molar-refractivity contribution in [2.45, 2.75) is 25.4 Å². The summed E-state index contributed by atoms with van der Waals surface area (Å²) in [5.41, 5.74) is 2.41. The van der Waals surface area contributed by atoms with Crippen LogP contribution in [-0.4, -0.2) is 20.3 Å². The summed E-state index contributed by atoms with van der Waals surface area (Å²) in [7, 11) is 0. The highest BCUT2D eigenvalue weighted by Crippen LogP contribution is 2.18. The van der Waals surface area contributed by atoms with Gasteiger partial charge in [0.15, 0.2) is 5.58 Å². The maximum Gasteiger partial charge on any atom is 0.419 e. The van der Waals surface area contributed by atoms with Gasteiger partial charge in [-0.15, -0.1) is 11.8 Å². The number of rotatable bonds is 4. The molecular formula is C15H15N3O2S. The maximum atomic E-state index is 11.9. The van der Waals surface area contributed by atoms with Crippen LogP contribution in [0.3, 0.4) is 0 Å². The highest BCUT2D eigenvalue weighted by molar-refractivity contribution is 7.99. The van der Waals surface area contributed by atoms with Crippen molar-refractivity contribution in [3.05, 3.63) is 52.4 Å². The number of aryl methyl sites for hydroxylation is 3. The van der Waals surface area contributed by atoms with Gasteiger partial charge >= 0.3 is 5.76 Å². The van der Waals surface area contributed by atoms with E-state index in [1.807, 2.05) is 38.1 Å². The molecular weight excluding hydrogens is 286 g/mol. The molecule has 21 heavy (non-hydrogen) atoms. The largest absolute Gasteiger partial charge is 0.419 e. The number of benzene rings is 1. The van der Waals surface area contributed by atoms with Crippen LogP contribution in [0.2, 0.25) is 0 Å². The van der Waals surface area contributed by atoms with Gasteiger partial charge in [-0.1, -0.05) is 12.1 Å². The van der Waals surface area contributed by atoms with Gasteiger partial charge in [-0.05, 0) is 32.0 Å². The van der Waals surface area contributed by atoms with E-state index in [-0.39, 0.29) is 5.76 Å². The van der Waals surface area contributed by atoms with Gasteiger partial charge in [0.05, 0.1) is 5.52 Å². The number of hydrogen-bond donors (Lipinski definition) is 0. The topological polar surface area (TPSA) is 60.9 Å². The van der Waals surface area contributed by atoms with E-state index in [0.29, 0.717) is 12.1 Å². The summed E-state index contributed by atoms with van der Waals surface area (Å²) >= 11 is 1.61. The van der Waals surface area contributed by atoms with Gasteiger partial charge in [-0.2, -0.15) is 0 Å². The van der Waals surface area contributed by atoms with E-state index in [1.165, 1.54) is 0 Å². The molecule has 0 N–H and O–H groups in total. The zero-order valence-electron chi connectivity index (χ0n) is 11.9. The first kappa shape index (κ1) is 13.9. The van der Waals surface area contributed by atoms with Crippen molar-refractivity contribution in [2.24, 2.45) is 0 Å². The van der Waals surface area contributed by atoms with E-state index in [4.69, 9.17) is 4.42 Å². The van der Waals surface area contributed by atoms with Crippen molar-refractivity contribution in [1.82, 2.24) is 14.5 Å². The fourth-order valence-corrected chi connectivity index (χ4v) is 3.16. The molecule has 0 amide bonds. The lowest BCUT2D eigenvalue weighted by Gasteiger charge is -2.04. The van der Waals surface area contributed by atoms with Crippen LogP contribution in [0.1, 0.15) is 11.5 Å². The minimum absolute atomic E-state index is 0.313. The molecule has 0 saturated heterocycles. The van der Waals surface area contributed by atoms with E-state index >= 15 is 0 Å². The Labute approximate surface area is 126 Å². The molecule has 0 aliphatic carbocycles. The highest BCUT2D eigenvalue weighted by atomic mass is 32.2. The molecule has 0 bridgehead atoms. The van der Waals surface area contributed by atoms with Crippen LogP contribution in [0.4, 0.5) is 0 Å². The fourth-order valence-electron chi connectivity index (χ4n) is 2.22. The minimum Gasteiger partial charge on any atom is -0.408 e. The lowest BCUT2D eigenvalue weighted by atomic mass is 10.3. The van der Waals surface area contributed by atoms with Crippen molar-refractivity contribution in [1.29, 1.82) is 0 Å². The Balaban J connectivity index is 1.75. The monoisotopic (exact) mass is 301 g/mol. The van der Waals surface area contributed by atoms with E-state index < -0.39 is 0 Å². The van der Waals surface area contributed by atoms with Gasteiger partial charge in [-0.3, -0.25) is 4.57 Å². The summed E-state index contributed by atoms with van der Waals surface area (Å²) in [4.78, 5) is 20.5. The summed E-state index contributed by atoms with van der Waals surface area (Å²) in [6.45, 7) is 4.42. The number of para-hydroxylation sites is 2. The third-order valence-electron chi connectivity index (χ3n) is 3.08. The molecule has 5 nitrogen and oxygen atoms in total. The second-order valence-corrected chi connectivity index (χ2v) is 5.85. The van der Waals surface area contributed by atoms with Gasteiger partial charge < -0.3 is 4.42 Å². The van der Waals surface area contributed by atoms with Gasteiger partial charge in [0, 0.05) is 18.0 Å². The zero-order chi connectivity index (χ0) is 14.8. The Morgan fingerprint density at radius 3 is 2.86 bits per heavy atom. The number of thioether (sulfide) groups is 1. The van der Waals surface area contributed by atoms with E-state index in [2.05, 4.69) is 9.97 Å². The van der Waals surface area contributed by atoms with Gasteiger partial charge in [0.1, 0.15) is 10.9 Å². The number of oxazole rings is 1. The summed E-state index contributed by atoms with van der Waals surface area (Å²) in [5, 5.41) is 0.931. The summed E-state index contributed by atoms with van der Waals surface area (Å²) in [6.07, 6.45) is 0. The maximum absolute atomic E-state index is 11.9. The molecule has 2 aromatic heterocycles. The Hall–Kier alpha value is -2.08. The molecule has 0 fully saturated rings. The van der Waals surface area contributed by atoms with Crippen LogP contribution in [0, 0.1) is 13.8 Å². The van der Waals surface area contributed by atoms with Crippen molar-refractivity contribution >= 4 is 22.9 Å². The molecule has 2 heterocycles. The van der Waals surface area contributed by atoms with Crippen molar-refractivity contribution in [3.63, 3.8) is 0 Å². The molecule has 0 saturated carbocycles.